The minimum atomic E-state index is -0.513. The number of nitrogens with zero attached hydrogens (tertiary/aromatic N) is 3. The van der Waals surface area contributed by atoms with Crippen molar-refractivity contribution in [3.8, 4) is 5.88 Å². The summed E-state index contributed by atoms with van der Waals surface area (Å²) in [6.07, 6.45) is 4.06. The van der Waals surface area contributed by atoms with E-state index in [0.717, 1.165) is 19.3 Å². The zero-order valence-electron chi connectivity index (χ0n) is 15.1. The van der Waals surface area contributed by atoms with Crippen molar-refractivity contribution in [1.29, 1.82) is 0 Å². The summed E-state index contributed by atoms with van der Waals surface area (Å²) in [4.78, 5) is 8.99. The zero-order valence-corrected chi connectivity index (χ0v) is 15.1. The van der Waals surface area contributed by atoms with Crippen LogP contribution in [0.5, 0.6) is 5.88 Å². The Kier molecular flexibility index (Phi) is 3.76. The molecule has 0 amide bonds. The zero-order chi connectivity index (χ0) is 18.6. The Morgan fingerprint density at radius 2 is 2.15 bits per heavy atom. The average molecular weight is 372 g/mol. The highest BCUT2D eigenvalue weighted by atomic mass is 16.5. The number of methoxy groups -OCH3 is 1. The molecular formula is C18H24N6O3. The third-order valence-corrected chi connectivity index (χ3v) is 6.38. The summed E-state index contributed by atoms with van der Waals surface area (Å²) in [7, 11) is 1.57. The SMILES string of the molecule is COc1cc(Nc2cc(CO)[nH]n2)nc(NC2C3CC4CC2C(O)(C4)C3)n1. The number of aromatic amines is 1. The summed E-state index contributed by atoms with van der Waals surface area (Å²) in [6.45, 7) is -0.108. The fourth-order valence-electron chi connectivity index (χ4n) is 5.44. The fraction of sp³-hybridized carbons (Fsp3) is 0.611. The van der Waals surface area contributed by atoms with Crippen LogP contribution in [-0.4, -0.2) is 49.1 Å². The molecule has 0 spiro atoms. The normalized spacial score (nSPS) is 33.4. The molecular weight excluding hydrogens is 348 g/mol. The predicted octanol–water partition coefficient (Wildman–Crippen LogP) is 1.41. The van der Waals surface area contributed by atoms with Crippen molar-refractivity contribution >= 4 is 17.6 Å². The number of aromatic nitrogens is 4. The van der Waals surface area contributed by atoms with E-state index in [4.69, 9.17) is 9.84 Å². The van der Waals surface area contributed by atoms with Crippen molar-refractivity contribution in [3.63, 3.8) is 0 Å². The lowest BCUT2D eigenvalue weighted by atomic mass is 9.79. The van der Waals surface area contributed by atoms with E-state index in [-0.39, 0.29) is 18.6 Å². The standard InChI is InChI=1S/C18H24N6O3/c1-27-15-5-13(19-14-4-11(8-25)23-24-14)20-17(21-15)22-16-10-2-9-3-12(16)18(26,6-9)7-10/h4-5,9-10,12,16,25-26H,2-3,6-8H2,1H3,(H3,19,20,21,22,23,24). The largest absolute Gasteiger partial charge is 0.481 e. The molecule has 4 aliphatic rings. The third-order valence-electron chi connectivity index (χ3n) is 6.38. The Bertz CT molecular complexity index is 857. The van der Waals surface area contributed by atoms with E-state index < -0.39 is 5.60 Å². The predicted molar refractivity (Wildman–Crippen MR) is 97.7 cm³/mol. The number of ether oxygens (including phenoxy) is 1. The van der Waals surface area contributed by atoms with Gasteiger partial charge in [-0.3, -0.25) is 5.10 Å². The summed E-state index contributed by atoms with van der Waals surface area (Å²) in [5.74, 6) is 3.44. The van der Waals surface area contributed by atoms with Gasteiger partial charge in [-0.25, -0.2) is 0 Å². The summed E-state index contributed by atoms with van der Waals surface area (Å²) in [5.41, 5.74) is 0.101. The minimum absolute atomic E-state index is 0.108. The quantitative estimate of drug-likeness (QED) is 0.515. The van der Waals surface area contributed by atoms with Gasteiger partial charge in [-0.15, -0.1) is 0 Å². The Hall–Kier alpha value is -2.39. The van der Waals surface area contributed by atoms with Gasteiger partial charge in [0.2, 0.25) is 11.8 Å². The molecule has 0 aliphatic heterocycles. The van der Waals surface area contributed by atoms with Crippen LogP contribution in [0.1, 0.15) is 31.4 Å². The van der Waals surface area contributed by atoms with Gasteiger partial charge in [0.05, 0.1) is 25.0 Å². The van der Waals surface area contributed by atoms with Crippen molar-refractivity contribution in [3.05, 3.63) is 17.8 Å². The van der Waals surface area contributed by atoms with E-state index >= 15 is 0 Å². The maximum atomic E-state index is 10.9. The van der Waals surface area contributed by atoms with Gasteiger partial charge in [0, 0.05) is 24.1 Å². The van der Waals surface area contributed by atoms with Crippen molar-refractivity contribution in [2.75, 3.05) is 17.7 Å². The molecule has 5 N–H and O–H groups in total. The van der Waals surface area contributed by atoms with Crippen LogP contribution in [0.3, 0.4) is 0 Å². The van der Waals surface area contributed by atoms with E-state index in [1.54, 1.807) is 19.2 Å². The first-order chi connectivity index (χ1) is 13.1. The molecule has 0 saturated heterocycles. The number of hydrogen-bond donors (Lipinski definition) is 5. The molecule has 144 valence electrons. The lowest BCUT2D eigenvalue weighted by Gasteiger charge is -2.32. The van der Waals surface area contributed by atoms with Gasteiger partial charge in [0.25, 0.3) is 0 Å². The lowest BCUT2D eigenvalue weighted by molar-refractivity contribution is 0.00988. The highest BCUT2D eigenvalue weighted by Gasteiger charge is 2.62. The van der Waals surface area contributed by atoms with Gasteiger partial charge in [0.15, 0.2) is 5.82 Å². The Labute approximate surface area is 156 Å². The van der Waals surface area contributed by atoms with Crippen LogP contribution in [0.2, 0.25) is 0 Å². The molecule has 5 unspecified atom stereocenters. The topological polar surface area (TPSA) is 128 Å². The highest BCUT2D eigenvalue weighted by molar-refractivity contribution is 5.55. The number of nitrogens with one attached hydrogen (secondary N) is 3. The van der Waals surface area contributed by atoms with Crippen LogP contribution >= 0.6 is 0 Å². The highest BCUT2D eigenvalue weighted by Crippen LogP contribution is 2.60. The molecule has 9 heteroatoms. The van der Waals surface area contributed by atoms with E-state index in [1.165, 1.54) is 6.42 Å². The average Bonchev–Trinajstić information content (AvgIpc) is 3.24. The molecule has 0 radical (unpaired) electrons. The fourth-order valence-corrected chi connectivity index (χ4v) is 5.44. The molecule has 4 aliphatic carbocycles. The Morgan fingerprint density at radius 1 is 1.26 bits per heavy atom. The molecule has 5 atom stereocenters. The number of hydrogen-bond acceptors (Lipinski definition) is 8. The lowest BCUT2D eigenvalue weighted by Crippen LogP contribution is -2.37. The maximum absolute atomic E-state index is 10.9. The third kappa shape index (κ3) is 2.81. The molecule has 2 aromatic heterocycles. The Balaban J connectivity index is 1.38. The van der Waals surface area contributed by atoms with Crippen LogP contribution in [0.4, 0.5) is 17.6 Å². The summed E-state index contributed by atoms with van der Waals surface area (Å²) in [5, 5.41) is 33.5. The number of H-pyrrole nitrogens is 1. The summed E-state index contributed by atoms with van der Waals surface area (Å²) < 4.78 is 5.32. The number of aliphatic hydroxyl groups excluding tert-OH is 1. The number of aliphatic hydroxyl groups is 2. The second kappa shape index (κ2) is 6.07. The molecule has 6 rings (SSSR count). The first kappa shape index (κ1) is 16.8. The number of anilines is 3. The second-order valence-corrected chi connectivity index (χ2v) is 8.07. The van der Waals surface area contributed by atoms with Crippen molar-refractivity contribution in [1.82, 2.24) is 20.2 Å². The molecule has 2 aromatic rings. The van der Waals surface area contributed by atoms with Crippen LogP contribution in [0.25, 0.3) is 0 Å². The Morgan fingerprint density at radius 3 is 2.89 bits per heavy atom. The maximum Gasteiger partial charge on any atom is 0.228 e. The van der Waals surface area contributed by atoms with E-state index in [1.807, 2.05) is 0 Å². The van der Waals surface area contributed by atoms with Crippen LogP contribution in [0, 0.1) is 17.8 Å². The van der Waals surface area contributed by atoms with E-state index in [0.29, 0.717) is 41.0 Å². The molecule has 0 aromatic carbocycles. The molecule has 27 heavy (non-hydrogen) atoms. The van der Waals surface area contributed by atoms with Crippen molar-refractivity contribution in [2.24, 2.45) is 17.8 Å². The first-order valence-electron chi connectivity index (χ1n) is 9.40. The van der Waals surface area contributed by atoms with Gasteiger partial charge in [-0.05, 0) is 37.5 Å². The first-order valence-corrected chi connectivity index (χ1v) is 9.40. The molecule has 4 fully saturated rings. The van der Waals surface area contributed by atoms with Gasteiger partial charge >= 0.3 is 0 Å². The molecule has 9 nitrogen and oxygen atoms in total. The summed E-state index contributed by atoms with van der Waals surface area (Å²) >= 11 is 0. The van der Waals surface area contributed by atoms with Crippen LogP contribution in [-0.2, 0) is 6.61 Å². The summed E-state index contributed by atoms with van der Waals surface area (Å²) in [6, 6.07) is 3.60. The van der Waals surface area contributed by atoms with Crippen LogP contribution < -0.4 is 15.4 Å². The van der Waals surface area contributed by atoms with Gasteiger partial charge in [0.1, 0.15) is 5.82 Å². The van der Waals surface area contributed by atoms with E-state index in [2.05, 4.69) is 30.8 Å². The second-order valence-electron chi connectivity index (χ2n) is 8.07. The van der Waals surface area contributed by atoms with Crippen molar-refractivity contribution in [2.45, 2.75) is 43.9 Å². The van der Waals surface area contributed by atoms with Crippen molar-refractivity contribution < 1.29 is 14.9 Å². The van der Waals surface area contributed by atoms with Crippen LogP contribution in [0.15, 0.2) is 12.1 Å². The van der Waals surface area contributed by atoms with Gasteiger partial charge in [-0.2, -0.15) is 15.1 Å². The molecule has 2 heterocycles. The van der Waals surface area contributed by atoms with E-state index in [9.17, 15) is 5.11 Å². The monoisotopic (exact) mass is 372 g/mol. The number of rotatable bonds is 6. The molecule has 4 saturated carbocycles. The van der Waals surface area contributed by atoms with Gasteiger partial charge < -0.3 is 25.6 Å². The minimum Gasteiger partial charge on any atom is -0.481 e. The molecule has 4 bridgehead atoms. The van der Waals surface area contributed by atoms with Gasteiger partial charge in [-0.1, -0.05) is 0 Å². The smallest absolute Gasteiger partial charge is 0.228 e.